The lowest BCUT2D eigenvalue weighted by atomic mass is 10.1. The molecule has 146 valence electrons. The molecule has 0 spiro atoms. The van der Waals surface area contributed by atoms with Crippen LogP contribution in [-0.4, -0.2) is 38.7 Å². The van der Waals surface area contributed by atoms with Gasteiger partial charge in [0.05, 0.1) is 39.0 Å². The second-order valence-corrected chi connectivity index (χ2v) is 7.35. The fraction of sp³-hybridized carbons (Fsp3) is 0.200. The summed E-state index contributed by atoms with van der Waals surface area (Å²) in [7, 11) is 6.23. The van der Waals surface area contributed by atoms with Gasteiger partial charge in [-0.3, -0.25) is 9.69 Å². The van der Waals surface area contributed by atoms with E-state index in [4.69, 9.17) is 31.2 Å². The van der Waals surface area contributed by atoms with Gasteiger partial charge in [-0.25, -0.2) is 0 Å². The monoisotopic (exact) mass is 417 g/mol. The molecule has 1 amide bonds. The van der Waals surface area contributed by atoms with Crippen LogP contribution < -0.4 is 23.8 Å². The van der Waals surface area contributed by atoms with E-state index in [0.29, 0.717) is 37.9 Å². The maximum atomic E-state index is 12.9. The van der Waals surface area contributed by atoms with Crippen molar-refractivity contribution < 1.29 is 23.7 Å². The molecule has 0 bridgehead atoms. The van der Waals surface area contributed by atoms with E-state index in [2.05, 4.69) is 0 Å². The highest BCUT2D eigenvalue weighted by atomic mass is 32.2. The minimum atomic E-state index is -0.186. The predicted octanol–water partition coefficient (Wildman–Crippen LogP) is 4.13. The zero-order valence-electron chi connectivity index (χ0n) is 15.8. The van der Waals surface area contributed by atoms with Crippen molar-refractivity contribution >= 4 is 46.0 Å². The van der Waals surface area contributed by atoms with Crippen molar-refractivity contribution in [2.75, 3.05) is 33.3 Å². The van der Waals surface area contributed by atoms with E-state index in [0.717, 1.165) is 5.56 Å². The smallest absolute Gasteiger partial charge is 0.270 e. The van der Waals surface area contributed by atoms with E-state index in [1.807, 2.05) is 0 Å². The van der Waals surface area contributed by atoms with Crippen molar-refractivity contribution in [3.63, 3.8) is 0 Å². The molecule has 0 aromatic heterocycles. The number of amides is 1. The Balaban J connectivity index is 1.95. The molecule has 1 aliphatic heterocycles. The number of thiocarbonyl (C=S) groups is 1. The van der Waals surface area contributed by atoms with Gasteiger partial charge in [0.25, 0.3) is 5.91 Å². The second kappa shape index (κ2) is 8.53. The average Bonchev–Trinajstić information content (AvgIpc) is 3.00. The van der Waals surface area contributed by atoms with Gasteiger partial charge in [0.15, 0.2) is 15.8 Å². The number of rotatable bonds is 6. The third kappa shape index (κ3) is 3.79. The lowest BCUT2D eigenvalue weighted by Crippen LogP contribution is -2.27. The minimum absolute atomic E-state index is 0.186. The van der Waals surface area contributed by atoms with Crippen LogP contribution >= 0.6 is 24.0 Å². The molecular formula is C20H19NO5S2. The number of methoxy groups -OCH3 is 4. The zero-order chi connectivity index (χ0) is 20.3. The molecular weight excluding hydrogens is 398 g/mol. The van der Waals surface area contributed by atoms with Crippen molar-refractivity contribution in [2.24, 2.45) is 0 Å². The summed E-state index contributed by atoms with van der Waals surface area (Å²) in [5.74, 6) is 2.04. The van der Waals surface area contributed by atoms with Gasteiger partial charge in [-0.2, -0.15) is 0 Å². The molecule has 1 heterocycles. The normalized spacial score (nSPS) is 15.1. The molecule has 8 heteroatoms. The van der Waals surface area contributed by atoms with Crippen LogP contribution in [0.2, 0.25) is 0 Å². The number of nitrogens with zero attached hydrogens (tertiary/aromatic N) is 1. The van der Waals surface area contributed by atoms with Crippen LogP contribution in [0.25, 0.3) is 6.08 Å². The average molecular weight is 418 g/mol. The van der Waals surface area contributed by atoms with Crippen molar-refractivity contribution in [2.45, 2.75) is 0 Å². The van der Waals surface area contributed by atoms with Crippen molar-refractivity contribution in [3.8, 4) is 23.0 Å². The van der Waals surface area contributed by atoms with E-state index < -0.39 is 0 Å². The largest absolute Gasteiger partial charge is 0.497 e. The summed E-state index contributed by atoms with van der Waals surface area (Å²) in [5, 5.41) is 0. The van der Waals surface area contributed by atoms with E-state index in [1.54, 1.807) is 70.9 Å². The Hall–Kier alpha value is -2.71. The van der Waals surface area contributed by atoms with E-state index in [9.17, 15) is 4.79 Å². The molecule has 0 saturated carbocycles. The number of anilines is 1. The number of hydrogen-bond donors (Lipinski definition) is 0. The number of carbonyl (C=O) groups is 1. The van der Waals surface area contributed by atoms with Gasteiger partial charge >= 0.3 is 0 Å². The van der Waals surface area contributed by atoms with Crippen LogP contribution in [-0.2, 0) is 4.79 Å². The zero-order valence-corrected chi connectivity index (χ0v) is 17.5. The standard InChI is InChI=1S/C20H19NO5S2/c1-23-14-7-5-13(6-8-14)21-19(22)17(28-20(21)27)11-12-9-15(24-2)18(26-4)16(10-12)25-3/h5-11H,1-4H3/b17-11-. The first-order valence-corrected chi connectivity index (χ1v) is 9.46. The van der Waals surface area contributed by atoms with Crippen LogP contribution in [0.15, 0.2) is 41.3 Å². The summed E-state index contributed by atoms with van der Waals surface area (Å²) in [4.78, 5) is 15.0. The molecule has 2 aromatic carbocycles. The van der Waals surface area contributed by atoms with Gasteiger partial charge in [-0.15, -0.1) is 0 Å². The third-order valence-corrected chi connectivity index (χ3v) is 5.41. The van der Waals surface area contributed by atoms with Gasteiger partial charge in [-0.05, 0) is 48.0 Å². The molecule has 6 nitrogen and oxygen atoms in total. The lowest BCUT2D eigenvalue weighted by molar-refractivity contribution is -0.113. The molecule has 1 fully saturated rings. The first kappa shape index (κ1) is 20.0. The van der Waals surface area contributed by atoms with Crippen LogP contribution in [0.4, 0.5) is 5.69 Å². The van der Waals surface area contributed by atoms with Gasteiger partial charge < -0.3 is 18.9 Å². The van der Waals surface area contributed by atoms with Crippen LogP contribution in [0.1, 0.15) is 5.56 Å². The fourth-order valence-electron chi connectivity index (χ4n) is 2.76. The van der Waals surface area contributed by atoms with Gasteiger partial charge in [-0.1, -0.05) is 24.0 Å². The number of thioether (sulfide) groups is 1. The SMILES string of the molecule is COc1ccc(N2C(=O)/C(=C/c3cc(OC)c(OC)c(OC)c3)SC2=S)cc1. The Morgan fingerprint density at radius 1 is 0.929 bits per heavy atom. The molecule has 0 atom stereocenters. The Kier molecular flexibility index (Phi) is 6.11. The molecule has 3 rings (SSSR count). The predicted molar refractivity (Wildman–Crippen MR) is 115 cm³/mol. The summed E-state index contributed by atoms with van der Waals surface area (Å²) < 4.78 is 21.7. The van der Waals surface area contributed by atoms with Crippen molar-refractivity contribution in [1.82, 2.24) is 0 Å². The molecule has 0 N–H and O–H groups in total. The summed E-state index contributed by atoms with van der Waals surface area (Å²) in [6, 6.07) is 10.7. The number of benzene rings is 2. The van der Waals surface area contributed by atoms with Crippen molar-refractivity contribution in [3.05, 3.63) is 46.9 Å². The maximum absolute atomic E-state index is 12.9. The highest BCUT2D eigenvalue weighted by Crippen LogP contribution is 2.41. The second-order valence-electron chi connectivity index (χ2n) is 5.67. The van der Waals surface area contributed by atoms with Gasteiger partial charge in [0.2, 0.25) is 5.75 Å². The maximum Gasteiger partial charge on any atom is 0.270 e. The molecule has 1 saturated heterocycles. The van der Waals surface area contributed by atoms with Gasteiger partial charge in [0, 0.05) is 0 Å². The van der Waals surface area contributed by atoms with Crippen molar-refractivity contribution in [1.29, 1.82) is 0 Å². The Labute approximate surface area is 173 Å². The van der Waals surface area contributed by atoms with E-state index in [1.165, 1.54) is 16.7 Å². The van der Waals surface area contributed by atoms with Crippen LogP contribution in [0.3, 0.4) is 0 Å². The number of carbonyl (C=O) groups excluding carboxylic acids is 1. The topological polar surface area (TPSA) is 57.2 Å². The third-order valence-electron chi connectivity index (χ3n) is 4.11. The molecule has 0 radical (unpaired) electrons. The molecule has 0 aliphatic carbocycles. The number of hydrogen-bond acceptors (Lipinski definition) is 7. The highest BCUT2D eigenvalue weighted by Gasteiger charge is 2.33. The van der Waals surface area contributed by atoms with Crippen LogP contribution in [0.5, 0.6) is 23.0 Å². The number of ether oxygens (including phenoxy) is 4. The molecule has 1 aliphatic rings. The fourth-order valence-corrected chi connectivity index (χ4v) is 4.06. The summed E-state index contributed by atoms with van der Waals surface area (Å²) in [6.07, 6.45) is 1.76. The quantitative estimate of drug-likeness (QED) is 0.517. The Bertz CT molecular complexity index is 915. The first-order valence-electron chi connectivity index (χ1n) is 8.24. The summed E-state index contributed by atoms with van der Waals surface area (Å²) in [6.45, 7) is 0. The molecule has 28 heavy (non-hydrogen) atoms. The lowest BCUT2D eigenvalue weighted by Gasteiger charge is -2.15. The highest BCUT2D eigenvalue weighted by molar-refractivity contribution is 8.27. The molecule has 0 unspecified atom stereocenters. The Morgan fingerprint density at radius 3 is 2.04 bits per heavy atom. The van der Waals surface area contributed by atoms with E-state index in [-0.39, 0.29) is 5.91 Å². The minimum Gasteiger partial charge on any atom is -0.497 e. The summed E-state index contributed by atoms with van der Waals surface area (Å²) in [5.41, 5.74) is 1.43. The molecule has 2 aromatic rings. The van der Waals surface area contributed by atoms with Crippen LogP contribution in [0, 0.1) is 0 Å². The first-order chi connectivity index (χ1) is 13.5. The van der Waals surface area contributed by atoms with Gasteiger partial charge in [0.1, 0.15) is 5.75 Å². The summed E-state index contributed by atoms with van der Waals surface area (Å²) >= 11 is 6.66. The Morgan fingerprint density at radius 2 is 1.54 bits per heavy atom. The van der Waals surface area contributed by atoms with E-state index >= 15 is 0 Å².